The second kappa shape index (κ2) is 6.71. The molecule has 0 aliphatic heterocycles. The summed E-state index contributed by atoms with van der Waals surface area (Å²) in [7, 11) is 1.80. The molecular formula is C14H23FN2O. The quantitative estimate of drug-likeness (QED) is 0.817. The molecular weight excluding hydrogens is 231 g/mol. The molecule has 1 aromatic carbocycles. The standard InChI is InChI=1S/C14H23FN2O/c1-5-16-11(3)12-7-6-8-13(15)14(12)17(4)9-10(2)18/h6-8,10-11,16,18H,5,9H2,1-4H3. The fourth-order valence-electron chi connectivity index (χ4n) is 2.19. The van der Waals surface area contributed by atoms with Gasteiger partial charge in [0.1, 0.15) is 5.82 Å². The molecule has 2 unspecified atom stereocenters. The van der Waals surface area contributed by atoms with Crippen molar-refractivity contribution in [3.63, 3.8) is 0 Å². The van der Waals surface area contributed by atoms with Gasteiger partial charge in [0, 0.05) is 19.6 Å². The fourth-order valence-corrected chi connectivity index (χ4v) is 2.19. The van der Waals surface area contributed by atoms with Crippen LogP contribution in [0.3, 0.4) is 0 Å². The summed E-state index contributed by atoms with van der Waals surface area (Å²) < 4.78 is 14.0. The topological polar surface area (TPSA) is 35.5 Å². The third-order valence-electron chi connectivity index (χ3n) is 2.91. The van der Waals surface area contributed by atoms with Gasteiger partial charge in [-0.1, -0.05) is 19.1 Å². The minimum absolute atomic E-state index is 0.0807. The van der Waals surface area contributed by atoms with Crippen molar-refractivity contribution in [3.8, 4) is 0 Å². The maximum atomic E-state index is 14.0. The molecule has 0 saturated carbocycles. The highest BCUT2D eigenvalue weighted by atomic mass is 19.1. The molecule has 0 spiro atoms. The van der Waals surface area contributed by atoms with Crippen LogP contribution in [0.2, 0.25) is 0 Å². The molecule has 102 valence electrons. The van der Waals surface area contributed by atoms with E-state index in [4.69, 9.17) is 0 Å². The van der Waals surface area contributed by atoms with Gasteiger partial charge in [0.05, 0.1) is 11.8 Å². The molecule has 0 aliphatic rings. The molecule has 1 aromatic rings. The number of nitrogens with one attached hydrogen (secondary N) is 1. The maximum Gasteiger partial charge on any atom is 0.146 e. The lowest BCUT2D eigenvalue weighted by molar-refractivity contribution is 0.201. The van der Waals surface area contributed by atoms with Crippen molar-refractivity contribution in [2.45, 2.75) is 32.9 Å². The van der Waals surface area contributed by atoms with Crippen molar-refractivity contribution in [1.29, 1.82) is 0 Å². The largest absolute Gasteiger partial charge is 0.392 e. The Hall–Kier alpha value is -1.13. The first kappa shape index (κ1) is 14.9. The van der Waals surface area contributed by atoms with Gasteiger partial charge in [0.15, 0.2) is 0 Å². The van der Waals surface area contributed by atoms with Crippen LogP contribution in [-0.4, -0.2) is 31.3 Å². The summed E-state index contributed by atoms with van der Waals surface area (Å²) in [5, 5.41) is 12.7. The number of hydrogen-bond donors (Lipinski definition) is 2. The monoisotopic (exact) mass is 254 g/mol. The van der Waals surface area contributed by atoms with Gasteiger partial charge in [-0.15, -0.1) is 0 Å². The summed E-state index contributed by atoms with van der Waals surface area (Å²) >= 11 is 0. The highest BCUT2D eigenvalue weighted by Crippen LogP contribution is 2.28. The summed E-state index contributed by atoms with van der Waals surface area (Å²) in [6, 6.07) is 5.18. The Bertz CT molecular complexity index is 382. The normalized spacial score (nSPS) is 14.3. The lowest BCUT2D eigenvalue weighted by Crippen LogP contribution is -2.30. The first-order chi connectivity index (χ1) is 8.47. The summed E-state index contributed by atoms with van der Waals surface area (Å²) in [6.07, 6.45) is -0.489. The molecule has 2 atom stereocenters. The van der Waals surface area contributed by atoms with Crippen LogP contribution in [0.5, 0.6) is 0 Å². The average Bonchev–Trinajstić information content (AvgIpc) is 2.27. The Balaban J connectivity index is 3.07. The van der Waals surface area contributed by atoms with E-state index in [1.807, 2.05) is 19.9 Å². The van der Waals surface area contributed by atoms with Gasteiger partial charge < -0.3 is 15.3 Å². The molecule has 0 bridgehead atoms. The molecule has 1 rings (SSSR count). The summed E-state index contributed by atoms with van der Waals surface area (Å²) in [5.74, 6) is -0.250. The van der Waals surface area contributed by atoms with Crippen LogP contribution >= 0.6 is 0 Å². The summed E-state index contributed by atoms with van der Waals surface area (Å²) in [6.45, 7) is 6.97. The Morgan fingerprint density at radius 3 is 2.61 bits per heavy atom. The number of aliphatic hydroxyl groups is 1. The zero-order valence-corrected chi connectivity index (χ0v) is 11.6. The highest BCUT2D eigenvalue weighted by molar-refractivity contribution is 5.55. The van der Waals surface area contributed by atoms with Crippen LogP contribution in [0.4, 0.5) is 10.1 Å². The zero-order valence-electron chi connectivity index (χ0n) is 11.6. The van der Waals surface area contributed by atoms with Crippen molar-refractivity contribution >= 4 is 5.69 Å². The number of benzene rings is 1. The number of hydrogen-bond acceptors (Lipinski definition) is 3. The van der Waals surface area contributed by atoms with Crippen LogP contribution in [-0.2, 0) is 0 Å². The molecule has 4 heteroatoms. The SMILES string of the molecule is CCNC(C)c1cccc(F)c1N(C)CC(C)O. The number of halogens is 1. The van der Waals surface area contributed by atoms with E-state index >= 15 is 0 Å². The van der Waals surface area contributed by atoms with Crippen molar-refractivity contribution in [2.75, 3.05) is 25.0 Å². The van der Waals surface area contributed by atoms with Crippen molar-refractivity contribution in [3.05, 3.63) is 29.6 Å². The van der Waals surface area contributed by atoms with Gasteiger partial charge in [-0.25, -0.2) is 4.39 Å². The summed E-state index contributed by atoms with van der Waals surface area (Å²) in [5.41, 5.74) is 1.48. The van der Waals surface area contributed by atoms with E-state index in [9.17, 15) is 9.50 Å². The fraction of sp³-hybridized carbons (Fsp3) is 0.571. The Kier molecular flexibility index (Phi) is 5.56. The number of likely N-dealkylation sites (N-methyl/N-ethyl adjacent to an activating group) is 1. The van der Waals surface area contributed by atoms with Crippen molar-refractivity contribution < 1.29 is 9.50 Å². The molecule has 0 aromatic heterocycles. The van der Waals surface area contributed by atoms with E-state index in [0.717, 1.165) is 12.1 Å². The Labute approximate surface area is 109 Å². The van der Waals surface area contributed by atoms with Gasteiger partial charge >= 0.3 is 0 Å². The van der Waals surface area contributed by atoms with Gasteiger partial charge in [0.2, 0.25) is 0 Å². The van der Waals surface area contributed by atoms with E-state index in [2.05, 4.69) is 5.32 Å². The molecule has 0 aliphatic carbocycles. The lowest BCUT2D eigenvalue weighted by atomic mass is 10.0. The Morgan fingerprint density at radius 1 is 1.39 bits per heavy atom. The minimum atomic E-state index is -0.489. The maximum absolute atomic E-state index is 14.0. The predicted octanol–water partition coefficient (Wildman–Crippen LogP) is 2.31. The minimum Gasteiger partial charge on any atom is -0.392 e. The lowest BCUT2D eigenvalue weighted by Gasteiger charge is -2.26. The van der Waals surface area contributed by atoms with Crippen LogP contribution in [0.15, 0.2) is 18.2 Å². The third-order valence-corrected chi connectivity index (χ3v) is 2.91. The van der Waals surface area contributed by atoms with Crippen LogP contribution in [0.1, 0.15) is 32.4 Å². The van der Waals surface area contributed by atoms with Gasteiger partial charge in [0.25, 0.3) is 0 Å². The van der Waals surface area contributed by atoms with E-state index in [1.54, 1.807) is 24.9 Å². The van der Waals surface area contributed by atoms with Gasteiger partial charge in [-0.2, -0.15) is 0 Å². The number of anilines is 1. The average molecular weight is 254 g/mol. The van der Waals surface area contributed by atoms with Crippen LogP contribution in [0, 0.1) is 5.82 Å². The van der Waals surface area contributed by atoms with Crippen molar-refractivity contribution in [2.24, 2.45) is 0 Å². The smallest absolute Gasteiger partial charge is 0.146 e. The third kappa shape index (κ3) is 3.68. The molecule has 3 nitrogen and oxygen atoms in total. The number of nitrogens with zero attached hydrogens (tertiary/aromatic N) is 1. The number of aliphatic hydroxyl groups excluding tert-OH is 1. The van der Waals surface area contributed by atoms with Crippen molar-refractivity contribution in [1.82, 2.24) is 5.32 Å². The molecule has 0 fully saturated rings. The van der Waals surface area contributed by atoms with Gasteiger partial charge in [-0.3, -0.25) is 0 Å². The zero-order chi connectivity index (χ0) is 13.7. The number of rotatable bonds is 6. The molecule has 0 radical (unpaired) electrons. The molecule has 0 saturated heterocycles. The number of para-hydroxylation sites is 1. The molecule has 18 heavy (non-hydrogen) atoms. The van der Waals surface area contributed by atoms with E-state index < -0.39 is 6.10 Å². The van der Waals surface area contributed by atoms with E-state index in [0.29, 0.717) is 12.2 Å². The molecule has 0 heterocycles. The molecule has 0 amide bonds. The van der Waals surface area contributed by atoms with E-state index in [-0.39, 0.29) is 11.9 Å². The highest BCUT2D eigenvalue weighted by Gasteiger charge is 2.17. The Morgan fingerprint density at radius 2 is 2.06 bits per heavy atom. The van der Waals surface area contributed by atoms with Gasteiger partial charge in [-0.05, 0) is 32.0 Å². The first-order valence-corrected chi connectivity index (χ1v) is 6.38. The summed E-state index contributed by atoms with van der Waals surface area (Å²) in [4.78, 5) is 1.77. The predicted molar refractivity (Wildman–Crippen MR) is 73.4 cm³/mol. The second-order valence-electron chi connectivity index (χ2n) is 4.69. The van der Waals surface area contributed by atoms with Crippen LogP contribution in [0.25, 0.3) is 0 Å². The second-order valence-corrected chi connectivity index (χ2v) is 4.69. The van der Waals surface area contributed by atoms with Crippen LogP contribution < -0.4 is 10.2 Å². The first-order valence-electron chi connectivity index (χ1n) is 6.38. The molecule has 2 N–H and O–H groups in total. The van der Waals surface area contributed by atoms with E-state index in [1.165, 1.54) is 6.07 Å².